The summed E-state index contributed by atoms with van der Waals surface area (Å²) in [5, 5.41) is 3.47. The molecule has 0 fully saturated rings. The molecular weight excluding hydrogens is 304 g/mol. The highest BCUT2D eigenvalue weighted by Gasteiger charge is 2.14. The molecule has 0 aliphatic rings. The highest BCUT2D eigenvalue weighted by atomic mass is 35.5. The van der Waals surface area contributed by atoms with Crippen LogP contribution in [0.15, 0.2) is 29.6 Å². The molecule has 1 heterocycles. The minimum absolute atomic E-state index is 0.0970. The second-order valence-corrected chi connectivity index (χ2v) is 6.73. The molecule has 1 aromatic carbocycles. The Bertz CT molecular complexity index is 624. The van der Waals surface area contributed by atoms with Gasteiger partial charge in [0.2, 0.25) is 5.91 Å². The van der Waals surface area contributed by atoms with Crippen LogP contribution in [-0.2, 0) is 11.2 Å². The molecule has 112 valence electrons. The third-order valence-electron chi connectivity index (χ3n) is 3.05. The summed E-state index contributed by atoms with van der Waals surface area (Å²) >= 11 is 7.69. The number of nitrogens with zero attached hydrogens (tertiary/aromatic N) is 2. The van der Waals surface area contributed by atoms with Gasteiger partial charge in [0.15, 0.2) is 0 Å². The van der Waals surface area contributed by atoms with Crippen LogP contribution in [0, 0.1) is 5.92 Å². The molecule has 0 aliphatic heterocycles. The fourth-order valence-corrected chi connectivity index (χ4v) is 3.23. The van der Waals surface area contributed by atoms with Crippen molar-refractivity contribution in [1.29, 1.82) is 0 Å². The molecule has 0 N–H and O–H groups in total. The first kappa shape index (κ1) is 16.0. The Morgan fingerprint density at radius 3 is 2.76 bits per heavy atom. The first-order valence-corrected chi connectivity index (χ1v) is 8.16. The molecule has 5 heteroatoms. The van der Waals surface area contributed by atoms with Crippen LogP contribution in [0.4, 0.5) is 0 Å². The molecule has 0 saturated carbocycles. The summed E-state index contributed by atoms with van der Waals surface area (Å²) in [5.41, 5.74) is 1.72. The maximum Gasteiger partial charge on any atom is 0.228 e. The molecule has 3 nitrogen and oxygen atoms in total. The molecule has 21 heavy (non-hydrogen) atoms. The highest BCUT2D eigenvalue weighted by Crippen LogP contribution is 2.30. The van der Waals surface area contributed by atoms with Gasteiger partial charge in [-0.25, -0.2) is 4.98 Å². The number of amides is 1. The zero-order valence-electron chi connectivity index (χ0n) is 12.5. The van der Waals surface area contributed by atoms with Crippen LogP contribution in [0.25, 0.3) is 10.6 Å². The van der Waals surface area contributed by atoms with Crippen molar-refractivity contribution in [2.24, 2.45) is 5.92 Å². The van der Waals surface area contributed by atoms with Gasteiger partial charge in [0.25, 0.3) is 0 Å². The number of likely N-dealkylation sites (N-methyl/N-ethyl adjacent to an activating group) is 1. The number of hydrogen-bond donors (Lipinski definition) is 0. The third kappa shape index (κ3) is 4.29. The molecule has 2 rings (SSSR count). The van der Waals surface area contributed by atoms with E-state index in [2.05, 4.69) is 18.8 Å². The smallest absolute Gasteiger partial charge is 0.228 e. The average Bonchev–Trinajstić information content (AvgIpc) is 2.86. The Hall–Kier alpha value is -1.39. The number of halogens is 1. The maximum atomic E-state index is 12.1. The summed E-state index contributed by atoms with van der Waals surface area (Å²) in [7, 11) is 1.84. The van der Waals surface area contributed by atoms with Gasteiger partial charge in [0.05, 0.1) is 17.1 Å². The van der Waals surface area contributed by atoms with Crippen LogP contribution in [0.5, 0.6) is 0 Å². The highest BCUT2D eigenvalue weighted by molar-refractivity contribution is 7.13. The predicted molar refractivity (Wildman–Crippen MR) is 88.7 cm³/mol. The summed E-state index contributed by atoms with van der Waals surface area (Å²) in [6.45, 7) is 4.96. The number of carbonyl (C=O) groups excluding carboxylic acids is 1. The molecule has 0 spiro atoms. The molecule has 0 bridgehead atoms. The molecular formula is C16H19ClN2OS. The topological polar surface area (TPSA) is 33.2 Å². The molecule has 0 radical (unpaired) electrons. The van der Waals surface area contributed by atoms with E-state index >= 15 is 0 Å². The van der Waals surface area contributed by atoms with Gasteiger partial charge >= 0.3 is 0 Å². The normalized spacial score (nSPS) is 10.9. The van der Waals surface area contributed by atoms with E-state index in [1.807, 2.05) is 36.7 Å². The van der Waals surface area contributed by atoms with E-state index < -0.39 is 0 Å². The number of hydrogen-bond acceptors (Lipinski definition) is 3. The van der Waals surface area contributed by atoms with Crippen LogP contribution in [0.1, 0.15) is 19.5 Å². The third-order valence-corrected chi connectivity index (χ3v) is 4.31. The number of rotatable bonds is 5. The van der Waals surface area contributed by atoms with Crippen molar-refractivity contribution in [3.8, 4) is 10.6 Å². The fourth-order valence-electron chi connectivity index (χ4n) is 2.09. The summed E-state index contributed by atoms with van der Waals surface area (Å²) < 4.78 is 0. The van der Waals surface area contributed by atoms with Gasteiger partial charge in [-0.05, 0) is 12.0 Å². The number of thiazole rings is 1. The lowest BCUT2D eigenvalue weighted by Gasteiger charge is -2.18. The van der Waals surface area contributed by atoms with Crippen molar-refractivity contribution in [3.05, 3.63) is 40.4 Å². The van der Waals surface area contributed by atoms with Gasteiger partial charge in [0.1, 0.15) is 5.01 Å². The van der Waals surface area contributed by atoms with E-state index in [9.17, 15) is 4.79 Å². The minimum Gasteiger partial charge on any atom is -0.345 e. The zero-order valence-corrected chi connectivity index (χ0v) is 14.0. The van der Waals surface area contributed by atoms with Crippen LogP contribution in [0.3, 0.4) is 0 Å². The van der Waals surface area contributed by atoms with Crippen molar-refractivity contribution < 1.29 is 4.79 Å². The van der Waals surface area contributed by atoms with Gasteiger partial charge in [-0.1, -0.05) is 43.6 Å². The number of carbonyl (C=O) groups is 1. The monoisotopic (exact) mass is 322 g/mol. The quantitative estimate of drug-likeness (QED) is 0.829. The SMILES string of the molecule is CC(C)CN(C)C(=O)Cc1csc(-c2ccccc2Cl)n1. The Balaban J connectivity index is 2.07. The number of benzene rings is 1. The van der Waals surface area contributed by atoms with Gasteiger partial charge in [-0.3, -0.25) is 4.79 Å². The van der Waals surface area contributed by atoms with Gasteiger partial charge in [-0.2, -0.15) is 0 Å². The van der Waals surface area contributed by atoms with E-state index in [1.165, 1.54) is 11.3 Å². The number of aromatic nitrogens is 1. The summed E-state index contributed by atoms with van der Waals surface area (Å²) in [5.74, 6) is 0.563. The second-order valence-electron chi connectivity index (χ2n) is 5.47. The average molecular weight is 323 g/mol. The van der Waals surface area contributed by atoms with E-state index in [4.69, 9.17) is 11.6 Å². The minimum atomic E-state index is 0.0970. The zero-order chi connectivity index (χ0) is 15.4. The summed E-state index contributed by atoms with van der Waals surface area (Å²) in [6.07, 6.45) is 0.337. The van der Waals surface area contributed by atoms with E-state index in [1.54, 1.807) is 4.90 Å². The molecule has 1 aromatic heterocycles. The van der Waals surface area contributed by atoms with Crippen molar-refractivity contribution in [3.63, 3.8) is 0 Å². The summed E-state index contributed by atoms with van der Waals surface area (Å²) in [4.78, 5) is 18.4. The van der Waals surface area contributed by atoms with Crippen molar-refractivity contribution in [2.45, 2.75) is 20.3 Å². The Labute approximate surface area is 134 Å². The van der Waals surface area contributed by atoms with Crippen LogP contribution in [-0.4, -0.2) is 29.4 Å². The first-order valence-electron chi connectivity index (χ1n) is 6.90. The van der Waals surface area contributed by atoms with Crippen LogP contribution < -0.4 is 0 Å². The first-order chi connectivity index (χ1) is 9.97. The Morgan fingerprint density at radius 1 is 1.38 bits per heavy atom. The molecule has 0 saturated heterocycles. The largest absolute Gasteiger partial charge is 0.345 e. The Kier molecular flexibility index (Phi) is 5.37. The van der Waals surface area contributed by atoms with E-state index in [-0.39, 0.29) is 5.91 Å². The molecule has 0 aliphatic carbocycles. The van der Waals surface area contributed by atoms with Crippen molar-refractivity contribution in [2.75, 3.05) is 13.6 Å². The molecule has 2 aromatic rings. The van der Waals surface area contributed by atoms with Crippen LogP contribution in [0.2, 0.25) is 5.02 Å². The Morgan fingerprint density at radius 2 is 2.10 bits per heavy atom. The van der Waals surface area contributed by atoms with Gasteiger partial charge in [0, 0.05) is 24.5 Å². The van der Waals surface area contributed by atoms with E-state index in [0.717, 1.165) is 22.8 Å². The summed E-state index contributed by atoms with van der Waals surface area (Å²) in [6, 6.07) is 7.62. The lowest BCUT2D eigenvalue weighted by atomic mass is 10.2. The lowest BCUT2D eigenvalue weighted by Crippen LogP contribution is -2.31. The predicted octanol–water partition coefficient (Wildman–Crippen LogP) is 4.12. The van der Waals surface area contributed by atoms with Crippen LogP contribution >= 0.6 is 22.9 Å². The van der Waals surface area contributed by atoms with E-state index in [0.29, 0.717) is 17.4 Å². The van der Waals surface area contributed by atoms with Gasteiger partial charge < -0.3 is 4.90 Å². The standard InChI is InChI=1S/C16H19ClN2OS/c1-11(2)9-19(3)15(20)8-12-10-21-16(18-12)13-6-4-5-7-14(13)17/h4-7,10-11H,8-9H2,1-3H3. The fraction of sp³-hybridized carbons (Fsp3) is 0.375. The molecule has 0 unspecified atom stereocenters. The van der Waals surface area contributed by atoms with Crippen molar-refractivity contribution >= 4 is 28.8 Å². The van der Waals surface area contributed by atoms with Crippen molar-refractivity contribution in [1.82, 2.24) is 9.88 Å². The maximum absolute atomic E-state index is 12.1. The van der Waals surface area contributed by atoms with Gasteiger partial charge in [-0.15, -0.1) is 11.3 Å². The molecule has 1 amide bonds. The molecule has 0 atom stereocenters. The lowest BCUT2D eigenvalue weighted by molar-refractivity contribution is -0.129. The second kappa shape index (κ2) is 7.05.